The van der Waals surface area contributed by atoms with Crippen molar-refractivity contribution in [1.82, 2.24) is 10.2 Å². The summed E-state index contributed by atoms with van der Waals surface area (Å²) < 4.78 is 29.0. The number of sulfonamides is 1. The van der Waals surface area contributed by atoms with Crippen molar-refractivity contribution in [2.75, 3.05) is 10.8 Å². The van der Waals surface area contributed by atoms with Crippen LogP contribution >= 0.6 is 23.2 Å². The standard InChI is InChI=1S/C30H35Cl2N3O4S/c1-20-7-14-26(15-8-20)40(38,39)35(27-16-13-25(32)17-21(27)2)19-28(36)34(18-23-9-11-24(31)12-10-23)22(3)29(37)33-30(4,5)6/h7-17,22H,18-19H2,1-6H3,(H,33,37). The van der Waals surface area contributed by atoms with Crippen LogP contribution in [-0.4, -0.2) is 43.3 Å². The fourth-order valence-corrected chi connectivity index (χ4v) is 5.92. The predicted octanol–water partition coefficient (Wildman–Crippen LogP) is 6.14. The van der Waals surface area contributed by atoms with Crippen molar-refractivity contribution in [1.29, 1.82) is 0 Å². The number of anilines is 1. The van der Waals surface area contributed by atoms with Gasteiger partial charge >= 0.3 is 0 Å². The zero-order valence-corrected chi connectivity index (χ0v) is 25.9. The lowest BCUT2D eigenvalue weighted by atomic mass is 10.1. The molecule has 0 aliphatic carbocycles. The lowest BCUT2D eigenvalue weighted by molar-refractivity contribution is -0.140. The van der Waals surface area contributed by atoms with Crippen molar-refractivity contribution >= 4 is 50.7 Å². The molecule has 3 aromatic rings. The molecule has 0 aliphatic heterocycles. The molecule has 0 saturated heterocycles. The third-order valence-electron chi connectivity index (χ3n) is 6.25. The summed E-state index contributed by atoms with van der Waals surface area (Å²) in [6.07, 6.45) is 0. The molecule has 40 heavy (non-hydrogen) atoms. The summed E-state index contributed by atoms with van der Waals surface area (Å²) in [5.74, 6) is -0.901. The van der Waals surface area contributed by atoms with E-state index >= 15 is 0 Å². The van der Waals surface area contributed by atoms with Crippen molar-refractivity contribution in [2.45, 2.75) is 64.6 Å². The summed E-state index contributed by atoms with van der Waals surface area (Å²) in [5.41, 5.74) is 2.01. The maximum Gasteiger partial charge on any atom is 0.264 e. The van der Waals surface area contributed by atoms with Crippen LogP contribution in [0.4, 0.5) is 5.69 Å². The first-order chi connectivity index (χ1) is 18.6. The minimum Gasteiger partial charge on any atom is -0.350 e. The summed E-state index contributed by atoms with van der Waals surface area (Å²) in [6.45, 7) is 10.3. The number of amides is 2. The maximum atomic E-state index is 14.0. The van der Waals surface area contributed by atoms with Gasteiger partial charge in [0.2, 0.25) is 11.8 Å². The largest absolute Gasteiger partial charge is 0.350 e. The molecular weight excluding hydrogens is 569 g/mol. The minimum absolute atomic E-state index is 0.0445. The van der Waals surface area contributed by atoms with Gasteiger partial charge in [-0.05, 0) is 95.1 Å². The van der Waals surface area contributed by atoms with E-state index < -0.39 is 34.1 Å². The average molecular weight is 605 g/mol. The number of rotatable bonds is 9. The molecule has 1 N–H and O–H groups in total. The number of nitrogens with one attached hydrogen (secondary N) is 1. The van der Waals surface area contributed by atoms with Crippen LogP contribution in [0.5, 0.6) is 0 Å². The van der Waals surface area contributed by atoms with Crippen LogP contribution < -0.4 is 9.62 Å². The van der Waals surface area contributed by atoms with E-state index in [0.29, 0.717) is 21.3 Å². The maximum absolute atomic E-state index is 14.0. The second-order valence-electron chi connectivity index (χ2n) is 10.8. The first-order valence-corrected chi connectivity index (χ1v) is 15.0. The third-order valence-corrected chi connectivity index (χ3v) is 8.51. The van der Waals surface area contributed by atoms with Gasteiger partial charge in [0, 0.05) is 22.1 Å². The quantitative estimate of drug-likeness (QED) is 0.318. The van der Waals surface area contributed by atoms with Gasteiger partial charge in [0.15, 0.2) is 0 Å². The van der Waals surface area contributed by atoms with Crippen molar-refractivity contribution in [3.63, 3.8) is 0 Å². The van der Waals surface area contributed by atoms with Gasteiger partial charge in [0.1, 0.15) is 12.6 Å². The Balaban J connectivity index is 2.07. The zero-order valence-electron chi connectivity index (χ0n) is 23.5. The Morgan fingerprint density at radius 3 is 2.02 bits per heavy atom. The monoisotopic (exact) mass is 603 g/mol. The Labute approximate surface area is 247 Å². The molecule has 0 fully saturated rings. The van der Waals surface area contributed by atoms with E-state index in [1.807, 2.05) is 27.7 Å². The highest BCUT2D eigenvalue weighted by Crippen LogP contribution is 2.29. The fourth-order valence-electron chi connectivity index (χ4n) is 4.09. The number of hydrogen-bond acceptors (Lipinski definition) is 4. The van der Waals surface area contributed by atoms with Gasteiger partial charge in [0.05, 0.1) is 10.6 Å². The Hall–Kier alpha value is -3.07. The molecule has 0 bridgehead atoms. The number of nitrogens with zero attached hydrogens (tertiary/aromatic N) is 2. The number of benzene rings is 3. The van der Waals surface area contributed by atoms with Crippen LogP contribution in [0.2, 0.25) is 10.0 Å². The van der Waals surface area contributed by atoms with Crippen LogP contribution in [0.3, 0.4) is 0 Å². The topological polar surface area (TPSA) is 86.8 Å². The molecule has 1 atom stereocenters. The van der Waals surface area contributed by atoms with Crippen LogP contribution in [0.25, 0.3) is 0 Å². The first-order valence-electron chi connectivity index (χ1n) is 12.8. The van der Waals surface area contributed by atoms with Crippen molar-refractivity contribution in [3.8, 4) is 0 Å². The third kappa shape index (κ3) is 7.99. The fraction of sp³-hybridized carbons (Fsp3) is 0.333. The molecule has 0 saturated carbocycles. The van der Waals surface area contributed by atoms with Crippen molar-refractivity contribution in [2.24, 2.45) is 0 Å². The van der Waals surface area contributed by atoms with Crippen LogP contribution in [0.15, 0.2) is 71.6 Å². The van der Waals surface area contributed by atoms with E-state index in [0.717, 1.165) is 15.4 Å². The Morgan fingerprint density at radius 2 is 1.48 bits per heavy atom. The molecule has 2 amide bonds. The number of halogens is 2. The molecule has 10 heteroatoms. The van der Waals surface area contributed by atoms with E-state index in [1.165, 1.54) is 17.0 Å². The summed E-state index contributed by atoms with van der Waals surface area (Å²) in [7, 11) is -4.16. The molecule has 7 nitrogen and oxygen atoms in total. The molecule has 214 valence electrons. The van der Waals surface area contributed by atoms with Gasteiger partial charge in [-0.15, -0.1) is 0 Å². The number of aryl methyl sites for hydroxylation is 2. The summed E-state index contributed by atoms with van der Waals surface area (Å²) in [4.78, 5) is 28.6. The normalized spacial score (nSPS) is 12.5. The van der Waals surface area contributed by atoms with Gasteiger partial charge < -0.3 is 10.2 Å². The molecule has 3 aromatic carbocycles. The second-order valence-corrected chi connectivity index (χ2v) is 13.6. The van der Waals surface area contributed by atoms with Crippen molar-refractivity contribution in [3.05, 3.63) is 93.5 Å². The van der Waals surface area contributed by atoms with E-state index in [9.17, 15) is 18.0 Å². The Kier molecular flexibility index (Phi) is 9.93. The molecule has 1 unspecified atom stereocenters. The number of carbonyl (C=O) groups is 2. The highest BCUT2D eigenvalue weighted by molar-refractivity contribution is 7.92. The molecule has 3 rings (SSSR count). The van der Waals surface area contributed by atoms with E-state index in [-0.39, 0.29) is 17.3 Å². The average Bonchev–Trinajstić information content (AvgIpc) is 2.86. The summed E-state index contributed by atoms with van der Waals surface area (Å²) in [6, 6.07) is 17.3. The van der Waals surface area contributed by atoms with Gasteiger partial charge in [-0.25, -0.2) is 8.42 Å². The highest BCUT2D eigenvalue weighted by atomic mass is 35.5. The first kappa shape index (κ1) is 31.5. The lowest BCUT2D eigenvalue weighted by Gasteiger charge is -2.34. The van der Waals surface area contributed by atoms with Crippen molar-refractivity contribution < 1.29 is 18.0 Å². The van der Waals surface area contributed by atoms with Crippen LogP contribution in [0, 0.1) is 13.8 Å². The SMILES string of the molecule is Cc1ccc(S(=O)(=O)N(CC(=O)N(Cc2ccc(Cl)cc2)C(C)C(=O)NC(C)(C)C)c2ccc(Cl)cc2C)cc1. The van der Waals surface area contributed by atoms with E-state index in [1.54, 1.807) is 68.4 Å². The molecule has 0 radical (unpaired) electrons. The Bertz CT molecular complexity index is 1470. The summed E-state index contributed by atoms with van der Waals surface area (Å²) in [5, 5.41) is 3.89. The lowest BCUT2D eigenvalue weighted by Crippen LogP contribution is -2.54. The predicted molar refractivity (Wildman–Crippen MR) is 161 cm³/mol. The minimum atomic E-state index is -4.16. The zero-order chi connectivity index (χ0) is 29.8. The summed E-state index contributed by atoms with van der Waals surface area (Å²) >= 11 is 12.2. The number of hydrogen-bond donors (Lipinski definition) is 1. The Morgan fingerprint density at radius 1 is 0.900 bits per heavy atom. The van der Waals surface area contributed by atoms with Gasteiger partial charge in [-0.2, -0.15) is 0 Å². The second kappa shape index (κ2) is 12.6. The molecule has 0 aliphatic rings. The smallest absolute Gasteiger partial charge is 0.264 e. The molecule has 0 aromatic heterocycles. The molecular formula is C30H35Cl2N3O4S. The molecule has 0 heterocycles. The highest BCUT2D eigenvalue weighted by Gasteiger charge is 2.34. The molecule has 0 spiro atoms. The van der Waals surface area contributed by atoms with Crippen LogP contribution in [-0.2, 0) is 26.2 Å². The van der Waals surface area contributed by atoms with Gasteiger partial charge in [-0.3, -0.25) is 13.9 Å². The van der Waals surface area contributed by atoms with Gasteiger partial charge in [-0.1, -0.05) is 53.0 Å². The van der Waals surface area contributed by atoms with Gasteiger partial charge in [0.25, 0.3) is 10.0 Å². The van der Waals surface area contributed by atoms with E-state index in [2.05, 4.69) is 5.32 Å². The number of carbonyl (C=O) groups excluding carboxylic acids is 2. The van der Waals surface area contributed by atoms with E-state index in [4.69, 9.17) is 23.2 Å². The van der Waals surface area contributed by atoms with Crippen LogP contribution in [0.1, 0.15) is 44.4 Å².